The summed E-state index contributed by atoms with van der Waals surface area (Å²) in [6, 6.07) is 15.9. The quantitative estimate of drug-likeness (QED) is 0.240. The van der Waals surface area contributed by atoms with E-state index in [-0.39, 0.29) is 22.5 Å². The van der Waals surface area contributed by atoms with Crippen molar-refractivity contribution in [2.24, 2.45) is 11.8 Å². The highest BCUT2D eigenvalue weighted by Crippen LogP contribution is 2.57. The second-order valence-electron chi connectivity index (χ2n) is 8.82. The largest absolute Gasteiger partial charge is 0.349 e. The van der Waals surface area contributed by atoms with Gasteiger partial charge in [0.15, 0.2) is 0 Å². The molecule has 3 aromatic rings. The molecule has 0 aromatic heterocycles. The number of imide groups is 1. The summed E-state index contributed by atoms with van der Waals surface area (Å²) in [5.74, 6) is -6.23. The number of anilines is 1. The summed E-state index contributed by atoms with van der Waals surface area (Å²) in [5.41, 5.74) is -1.92. The number of nitro groups is 1. The second-order valence-corrected chi connectivity index (χ2v) is 8.82. The molecule has 2 heterocycles. The lowest BCUT2D eigenvalue weighted by molar-refractivity contribution is -0.384. The topological polar surface area (TPSA) is 124 Å². The van der Waals surface area contributed by atoms with E-state index in [0.29, 0.717) is 5.56 Å². The number of nitro benzene ring substituents is 1. The maximum absolute atomic E-state index is 13.8. The Morgan fingerprint density at radius 2 is 1.42 bits per heavy atom. The summed E-state index contributed by atoms with van der Waals surface area (Å²) in [6.07, 6.45) is -1.18. The van der Waals surface area contributed by atoms with Gasteiger partial charge in [-0.05, 0) is 29.8 Å². The predicted octanol–water partition coefficient (Wildman–Crippen LogP) is 3.43. The van der Waals surface area contributed by atoms with Crippen LogP contribution in [0.4, 0.5) is 15.8 Å². The number of ether oxygens (including phenoxy) is 1. The lowest BCUT2D eigenvalue weighted by Crippen LogP contribution is -2.51. The third-order valence-corrected chi connectivity index (χ3v) is 7.04. The van der Waals surface area contributed by atoms with Crippen LogP contribution in [-0.4, -0.2) is 33.9 Å². The first kappa shape index (κ1) is 21.9. The Morgan fingerprint density at radius 1 is 0.833 bits per heavy atom. The zero-order chi connectivity index (χ0) is 25.4. The van der Waals surface area contributed by atoms with Crippen molar-refractivity contribution in [1.29, 1.82) is 0 Å². The molecule has 0 N–H and O–H groups in total. The maximum Gasteiger partial charge on any atom is 0.269 e. The minimum absolute atomic E-state index is 0.0633. The molecule has 9 nitrogen and oxygen atoms in total. The molecule has 0 unspecified atom stereocenters. The molecule has 2 fully saturated rings. The van der Waals surface area contributed by atoms with Crippen LogP contribution in [0, 0.1) is 27.8 Å². The highest BCUT2D eigenvalue weighted by Gasteiger charge is 2.74. The van der Waals surface area contributed by atoms with Crippen molar-refractivity contribution in [2.45, 2.75) is 11.7 Å². The fraction of sp³-hybridized carbons (Fsp3) is 0.154. The van der Waals surface area contributed by atoms with Gasteiger partial charge in [0.05, 0.1) is 28.6 Å². The number of benzene rings is 3. The number of Topliss-reactive ketones (excluding diaryl/α,β-unsaturated/α-hetero) is 2. The summed E-state index contributed by atoms with van der Waals surface area (Å²) in [7, 11) is 0. The molecule has 3 aliphatic rings. The minimum Gasteiger partial charge on any atom is -0.349 e. The molecule has 10 heteroatoms. The van der Waals surface area contributed by atoms with E-state index >= 15 is 0 Å². The van der Waals surface area contributed by atoms with Gasteiger partial charge >= 0.3 is 0 Å². The molecular weight excluding hydrogens is 471 g/mol. The molecule has 0 bridgehead atoms. The Labute approximate surface area is 202 Å². The van der Waals surface area contributed by atoms with Gasteiger partial charge in [-0.1, -0.05) is 36.4 Å². The van der Waals surface area contributed by atoms with E-state index < -0.39 is 57.7 Å². The van der Waals surface area contributed by atoms with Crippen LogP contribution in [0.5, 0.6) is 0 Å². The van der Waals surface area contributed by atoms with E-state index in [9.17, 15) is 33.7 Å². The number of fused-ring (bicyclic) bond motifs is 3. The van der Waals surface area contributed by atoms with E-state index in [1.54, 1.807) is 12.1 Å². The van der Waals surface area contributed by atoms with Crippen LogP contribution in [0.15, 0.2) is 72.8 Å². The van der Waals surface area contributed by atoms with Crippen LogP contribution in [0.1, 0.15) is 32.4 Å². The van der Waals surface area contributed by atoms with E-state index in [2.05, 4.69) is 0 Å². The third kappa shape index (κ3) is 2.73. The van der Waals surface area contributed by atoms with Crippen molar-refractivity contribution < 1.29 is 33.2 Å². The average Bonchev–Trinajstić information content (AvgIpc) is 3.44. The number of carbonyl (C=O) groups is 4. The normalized spacial score (nSPS) is 23.9. The molecule has 3 aromatic carbocycles. The number of nitrogens with zero attached hydrogens (tertiary/aromatic N) is 2. The lowest BCUT2D eigenvalue weighted by atomic mass is 9.77. The molecule has 36 heavy (non-hydrogen) atoms. The Bertz CT molecular complexity index is 1460. The Kier molecular flexibility index (Phi) is 4.55. The molecule has 2 saturated heterocycles. The fourth-order valence-electron chi connectivity index (χ4n) is 5.45. The molecule has 0 radical (unpaired) electrons. The van der Waals surface area contributed by atoms with E-state index in [0.717, 1.165) is 29.2 Å². The van der Waals surface area contributed by atoms with Crippen molar-refractivity contribution in [1.82, 2.24) is 0 Å². The van der Waals surface area contributed by atoms with Gasteiger partial charge in [-0.25, -0.2) is 9.29 Å². The summed E-state index contributed by atoms with van der Waals surface area (Å²) < 4.78 is 19.7. The molecule has 0 saturated carbocycles. The molecule has 6 rings (SSSR count). The van der Waals surface area contributed by atoms with Gasteiger partial charge in [0.25, 0.3) is 5.69 Å². The van der Waals surface area contributed by atoms with Gasteiger partial charge in [-0.3, -0.25) is 29.3 Å². The first-order valence-corrected chi connectivity index (χ1v) is 11.0. The van der Waals surface area contributed by atoms with Crippen LogP contribution in [0.2, 0.25) is 0 Å². The number of halogens is 1. The molecule has 1 aliphatic carbocycles. The van der Waals surface area contributed by atoms with Crippen LogP contribution in [0.3, 0.4) is 0 Å². The fourth-order valence-corrected chi connectivity index (χ4v) is 5.45. The van der Waals surface area contributed by atoms with Crippen LogP contribution in [0.25, 0.3) is 0 Å². The van der Waals surface area contributed by atoms with Gasteiger partial charge in [-0.2, -0.15) is 0 Å². The first-order chi connectivity index (χ1) is 17.3. The standard InChI is InChI=1S/C26H15FN2O7/c27-14-7-5-13(6-8-14)21-19-20(26(36-21)22(30)17-3-1-2-4-18(17)23(26)31)25(33)28(24(19)32)15-9-11-16(12-10-15)29(34)35/h1-12,19-21H/t19-,20-,21+/m0/s1. The van der Waals surface area contributed by atoms with Gasteiger partial charge in [0.1, 0.15) is 5.82 Å². The van der Waals surface area contributed by atoms with Crippen molar-refractivity contribution in [3.8, 4) is 0 Å². The summed E-state index contributed by atoms with van der Waals surface area (Å²) in [5, 5.41) is 11.0. The molecule has 178 valence electrons. The highest BCUT2D eigenvalue weighted by atomic mass is 19.1. The zero-order valence-electron chi connectivity index (χ0n) is 18.3. The van der Waals surface area contributed by atoms with Crippen molar-refractivity contribution >= 4 is 34.8 Å². The Morgan fingerprint density at radius 3 is 1.97 bits per heavy atom. The molecule has 2 amide bonds. The van der Waals surface area contributed by atoms with Crippen molar-refractivity contribution in [3.63, 3.8) is 0 Å². The number of carbonyl (C=O) groups excluding carboxylic acids is 4. The monoisotopic (exact) mass is 486 g/mol. The van der Waals surface area contributed by atoms with E-state index in [1.807, 2.05) is 0 Å². The highest BCUT2D eigenvalue weighted by molar-refractivity contribution is 6.37. The van der Waals surface area contributed by atoms with Gasteiger partial charge in [0, 0.05) is 23.3 Å². The predicted molar refractivity (Wildman–Crippen MR) is 121 cm³/mol. The Balaban J connectivity index is 1.51. The van der Waals surface area contributed by atoms with Crippen molar-refractivity contribution in [2.75, 3.05) is 4.90 Å². The molecule has 1 spiro atoms. The SMILES string of the molecule is O=C1[C@@H]2[C@@H](c3ccc(F)cc3)OC3(C(=O)c4ccccc4C3=O)[C@@H]2C(=O)N1c1ccc([N+](=O)[O-])cc1. The van der Waals surface area contributed by atoms with Crippen LogP contribution in [-0.2, 0) is 14.3 Å². The van der Waals surface area contributed by atoms with Gasteiger partial charge in [-0.15, -0.1) is 0 Å². The number of hydrogen-bond acceptors (Lipinski definition) is 7. The zero-order valence-corrected chi connectivity index (χ0v) is 18.3. The van der Waals surface area contributed by atoms with E-state index in [1.165, 1.54) is 36.4 Å². The number of ketones is 2. The van der Waals surface area contributed by atoms with Crippen molar-refractivity contribution in [3.05, 3.63) is 105 Å². The first-order valence-electron chi connectivity index (χ1n) is 11.0. The number of hydrogen-bond donors (Lipinski definition) is 0. The molecule has 3 atom stereocenters. The number of rotatable bonds is 3. The average molecular weight is 486 g/mol. The van der Waals surface area contributed by atoms with Gasteiger partial charge in [0.2, 0.25) is 29.0 Å². The summed E-state index contributed by atoms with van der Waals surface area (Å²) >= 11 is 0. The third-order valence-electron chi connectivity index (χ3n) is 7.04. The Hall–Kier alpha value is -4.57. The minimum atomic E-state index is -2.25. The summed E-state index contributed by atoms with van der Waals surface area (Å²) in [6.45, 7) is 0. The second kappa shape index (κ2) is 7.46. The van der Waals surface area contributed by atoms with Crippen LogP contribution >= 0.6 is 0 Å². The number of non-ortho nitro benzene ring substituents is 1. The lowest BCUT2D eigenvalue weighted by Gasteiger charge is -2.27. The smallest absolute Gasteiger partial charge is 0.269 e. The molecular formula is C26H15FN2O7. The molecule has 2 aliphatic heterocycles. The number of amides is 2. The maximum atomic E-state index is 13.8. The summed E-state index contributed by atoms with van der Waals surface area (Å²) in [4.78, 5) is 66.0. The van der Waals surface area contributed by atoms with Crippen LogP contribution < -0.4 is 4.90 Å². The van der Waals surface area contributed by atoms with Gasteiger partial charge < -0.3 is 4.74 Å². The van der Waals surface area contributed by atoms with E-state index in [4.69, 9.17) is 4.74 Å².